The van der Waals surface area contributed by atoms with E-state index in [0.717, 1.165) is 0 Å². The van der Waals surface area contributed by atoms with Crippen molar-refractivity contribution in [2.45, 2.75) is 44.2 Å². The number of aromatic nitrogens is 4. The summed E-state index contributed by atoms with van der Waals surface area (Å²) in [5.74, 6) is 0.804. The molecular formula is C18H26N6O5S. The van der Waals surface area contributed by atoms with Gasteiger partial charge in [0, 0.05) is 19.3 Å². The Bertz CT molecular complexity index is 977. The molecule has 2 aromatic heterocycles. The van der Waals surface area contributed by atoms with E-state index in [9.17, 15) is 13.2 Å². The summed E-state index contributed by atoms with van der Waals surface area (Å²) in [7, 11) is -3.64. The fraction of sp³-hybridized carbons (Fsp3) is 0.556. The van der Waals surface area contributed by atoms with Crippen molar-refractivity contribution in [3.8, 4) is 5.82 Å². The van der Waals surface area contributed by atoms with E-state index in [1.54, 1.807) is 33.8 Å². The summed E-state index contributed by atoms with van der Waals surface area (Å²) in [6.45, 7) is 8.42. The first-order valence-electron chi connectivity index (χ1n) is 9.52. The number of pyridine rings is 1. The number of sulfonamides is 1. The van der Waals surface area contributed by atoms with Crippen molar-refractivity contribution in [1.29, 1.82) is 0 Å². The van der Waals surface area contributed by atoms with Gasteiger partial charge in [-0.3, -0.25) is 0 Å². The quantitative estimate of drug-likeness (QED) is 0.739. The van der Waals surface area contributed by atoms with Crippen LogP contribution in [0.5, 0.6) is 0 Å². The molecular weight excluding hydrogens is 412 g/mol. The first-order chi connectivity index (χ1) is 14.1. The first-order valence-corrected chi connectivity index (χ1v) is 11.0. The molecule has 1 N–H and O–H groups in total. The molecule has 1 aliphatic rings. The molecule has 12 heteroatoms. The van der Waals surface area contributed by atoms with Crippen LogP contribution >= 0.6 is 0 Å². The Balaban J connectivity index is 1.76. The largest absolute Gasteiger partial charge is 0.444 e. The van der Waals surface area contributed by atoms with Crippen LogP contribution < -0.4 is 5.32 Å². The van der Waals surface area contributed by atoms with E-state index in [1.165, 1.54) is 27.6 Å². The predicted molar refractivity (Wildman–Crippen MR) is 107 cm³/mol. The fourth-order valence-corrected chi connectivity index (χ4v) is 4.21. The number of rotatable bonds is 5. The Hall–Kier alpha value is -2.57. The average Bonchev–Trinajstić information content (AvgIpc) is 3.17. The van der Waals surface area contributed by atoms with Gasteiger partial charge in [0.25, 0.3) is 0 Å². The number of hydrogen-bond donors (Lipinski definition) is 1. The maximum absolute atomic E-state index is 12.7. The number of hydrogen-bond acceptors (Lipinski definition) is 8. The van der Waals surface area contributed by atoms with E-state index < -0.39 is 27.8 Å². The molecule has 0 spiro atoms. The zero-order chi connectivity index (χ0) is 21.9. The van der Waals surface area contributed by atoms with Crippen molar-refractivity contribution in [1.82, 2.24) is 29.4 Å². The maximum atomic E-state index is 12.7. The summed E-state index contributed by atoms with van der Waals surface area (Å²) in [6, 6.07) is 2.51. The summed E-state index contributed by atoms with van der Waals surface area (Å²) in [5, 5.41) is 6.85. The van der Waals surface area contributed by atoms with Crippen LogP contribution in [0, 0.1) is 0 Å². The molecule has 11 nitrogen and oxygen atoms in total. The Kier molecular flexibility index (Phi) is 6.38. The van der Waals surface area contributed by atoms with E-state index in [4.69, 9.17) is 9.47 Å². The highest BCUT2D eigenvalue weighted by Crippen LogP contribution is 2.19. The molecule has 1 saturated heterocycles. The van der Waals surface area contributed by atoms with Crippen molar-refractivity contribution < 1.29 is 22.7 Å². The number of ether oxygens (including phenoxy) is 2. The SMILES string of the molecule is C[C@H](NC(=O)OC(C)(C)C)c1ncnn1-c1ccc(S(=O)(=O)N2CCOCC2)cn1. The topological polar surface area (TPSA) is 129 Å². The Morgan fingerprint density at radius 2 is 1.93 bits per heavy atom. The third kappa shape index (κ3) is 5.12. The average molecular weight is 439 g/mol. The number of morpholine rings is 1. The molecule has 0 radical (unpaired) electrons. The third-order valence-corrected chi connectivity index (χ3v) is 6.12. The third-order valence-electron chi connectivity index (χ3n) is 4.24. The molecule has 3 heterocycles. The summed E-state index contributed by atoms with van der Waals surface area (Å²) in [4.78, 5) is 20.6. The molecule has 0 aromatic carbocycles. The minimum atomic E-state index is -3.64. The molecule has 0 unspecified atom stereocenters. The number of nitrogens with zero attached hydrogens (tertiary/aromatic N) is 5. The Morgan fingerprint density at radius 1 is 1.23 bits per heavy atom. The normalized spacial score (nSPS) is 16.8. The van der Waals surface area contributed by atoms with Crippen LogP contribution in [-0.2, 0) is 19.5 Å². The van der Waals surface area contributed by atoms with E-state index in [1.807, 2.05) is 0 Å². The van der Waals surface area contributed by atoms with Crippen LogP contribution in [0.25, 0.3) is 5.82 Å². The zero-order valence-corrected chi connectivity index (χ0v) is 18.2. The van der Waals surface area contributed by atoms with Gasteiger partial charge in [-0.1, -0.05) is 0 Å². The van der Waals surface area contributed by atoms with Gasteiger partial charge in [0.15, 0.2) is 11.6 Å². The zero-order valence-electron chi connectivity index (χ0n) is 17.4. The lowest BCUT2D eigenvalue weighted by molar-refractivity contribution is 0.0505. The van der Waals surface area contributed by atoms with Gasteiger partial charge in [-0.2, -0.15) is 14.1 Å². The van der Waals surface area contributed by atoms with E-state index in [2.05, 4.69) is 20.4 Å². The van der Waals surface area contributed by atoms with Crippen LogP contribution in [0.2, 0.25) is 0 Å². The van der Waals surface area contributed by atoms with Crippen molar-refractivity contribution in [2.24, 2.45) is 0 Å². The molecule has 1 amide bonds. The monoisotopic (exact) mass is 438 g/mol. The fourth-order valence-electron chi connectivity index (χ4n) is 2.86. The molecule has 0 saturated carbocycles. The lowest BCUT2D eigenvalue weighted by Crippen LogP contribution is -2.40. The molecule has 1 atom stereocenters. The van der Waals surface area contributed by atoms with Gasteiger partial charge in [0.1, 0.15) is 16.8 Å². The van der Waals surface area contributed by atoms with Crippen LogP contribution in [0.15, 0.2) is 29.6 Å². The van der Waals surface area contributed by atoms with Gasteiger partial charge in [0.05, 0.1) is 19.3 Å². The lowest BCUT2D eigenvalue weighted by Gasteiger charge is -2.25. The van der Waals surface area contributed by atoms with Gasteiger partial charge < -0.3 is 14.8 Å². The number of carbonyl (C=O) groups excluding carboxylic acids is 1. The van der Waals surface area contributed by atoms with Crippen LogP contribution in [0.1, 0.15) is 39.6 Å². The van der Waals surface area contributed by atoms with Crippen LogP contribution in [-0.4, -0.2) is 70.5 Å². The van der Waals surface area contributed by atoms with Crippen molar-refractivity contribution in [3.63, 3.8) is 0 Å². The van der Waals surface area contributed by atoms with E-state index in [-0.39, 0.29) is 4.90 Å². The molecule has 30 heavy (non-hydrogen) atoms. The standard InChI is InChI=1S/C18H26N6O5S/c1-13(22-17(25)29-18(2,3)4)16-20-12-21-24(16)15-6-5-14(11-19-15)30(26,27)23-7-9-28-10-8-23/h5-6,11-13H,7-10H2,1-4H3,(H,22,25)/t13-/m0/s1. The lowest BCUT2D eigenvalue weighted by atomic mass is 10.2. The first kappa shape index (κ1) is 22.1. The maximum Gasteiger partial charge on any atom is 0.408 e. The molecule has 0 aliphatic carbocycles. The molecule has 164 valence electrons. The summed E-state index contributed by atoms with van der Waals surface area (Å²) in [5.41, 5.74) is -0.624. The number of amides is 1. The summed E-state index contributed by atoms with van der Waals surface area (Å²) >= 11 is 0. The van der Waals surface area contributed by atoms with Crippen LogP contribution in [0.3, 0.4) is 0 Å². The second-order valence-electron chi connectivity index (χ2n) is 7.77. The summed E-state index contributed by atoms with van der Waals surface area (Å²) in [6.07, 6.45) is 2.05. The van der Waals surface area contributed by atoms with Gasteiger partial charge in [-0.25, -0.2) is 23.2 Å². The number of nitrogens with one attached hydrogen (secondary N) is 1. The highest BCUT2D eigenvalue weighted by atomic mass is 32.2. The van der Waals surface area contributed by atoms with E-state index in [0.29, 0.717) is 37.9 Å². The highest BCUT2D eigenvalue weighted by Gasteiger charge is 2.27. The van der Waals surface area contributed by atoms with Crippen LogP contribution in [0.4, 0.5) is 4.79 Å². The molecule has 3 rings (SSSR count). The summed E-state index contributed by atoms with van der Waals surface area (Å²) < 4.78 is 38.7. The minimum absolute atomic E-state index is 0.0924. The van der Waals surface area contributed by atoms with Crippen molar-refractivity contribution in [2.75, 3.05) is 26.3 Å². The Morgan fingerprint density at radius 3 is 2.53 bits per heavy atom. The van der Waals surface area contributed by atoms with Gasteiger partial charge in [-0.05, 0) is 39.8 Å². The predicted octanol–water partition coefficient (Wildman–Crippen LogP) is 1.27. The molecule has 1 aliphatic heterocycles. The molecule has 2 aromatic rings. The highest BCUT2D eigenvalue weighted by molar-refractivity contribution is 7.89. The Labute approximate surface area is 175 Å². The molecule has 1 fully saturated rings. The van der Waals surface area contributed by atoms with E-state index >= 15 is 0 Å². The van der Waals surface area contributed by atoms with Crippen molar-refractivity contribution >= 4 is 16.1 Å². The smallest absolute Gasteiger partial charge is 0.408 e. The van der Waals surface area contributed by atoms with Gasteiger partial charge in [-0.15, -0.1) is 0 Å². The van der Waals surface area contributed by atoms with Crippen molar-refractivity contribution in [3.05, 3.63) is 30.5 Å². The van der Waals surface area contributed by atoms with Gasteiger partial charge >= 0.3 is 6.09 Å². The number of alkyl carbamates (subject to hydrolysis) is 1. The number of carbonyl (C=O) groups is 1. The second-order valence-corrected chi connectivity index (χ2v) is 9.70. The molecule has 0 bridgehead atoms. The minimum Gasteiger partial charge on any atom is -0.444 e. The van der Waals surface area contributed by atoms with Gasteiger partial charge in [0.2, 0.25) is 10.0 Å². The second kappa shape index (κ2) is 8.66.